The van der Waals surface area contributed by atoms with Crippen molar-refractivity contribution >= 4 is 40.0 Å². The van der Waals surface area contributed by atoms with E-state index in [9.17, 15) is 9.90 Å². The zero-order chi connectivity index (χ0) is 22.0. The molecule has 0 fully saturated rings. The van der Waals surface area contributed by atoms with E-state index in [1.165, 1.54) is 7.11 Å². The highest BCUT2D eigenvalue weighted by atomic mass is 35.5. The minimum absolute atomic E-state index is 0.0501. The molecule has 156 valence electrons. The maximum absolute atomic E-state index is 13.1. The number of methoxy groups -OCH3 is 1. The second-order valence-corrected chi connectivity index (χ2v) is 7.73. The van der Waals surface area contributed by atoms with E-state index in [4.69, 9.17) is 27.9 Å². The van der Waals surface area contributed by atoms with Crippen LogP contribution in [0, 0.1) is 0 Å². The van der Waals surface area contributed by atoms with Gasteiger partial charge in [0.15, 0.2) is 0 Å². The monoisotopic (exact) mass is 452 g/mol. The van der Waals surface area contributed by atoms with Gasteiger partial charge in [-0.25, -0.2) is 0 Å². The number of phenolic OH excluding ortho intramolecular Hbond substituents is 1. The highest BCUT2D eigenvalue weighted by molar-refractivity contribution is 6.35. The summed E-state index contributed by atoms with van der Waals surface area (Å²) in [7, 11) is 1.54. The number of nitrogens with one attached hydrogen (secondary N) is 1. The summed E-state index contributed by atoms with van der Waals surface area (Å²) < 4.78 is 5.22. The fourth-order valence-corrected chi connectivity index (χ4v) is 3.80. The van der Waals surface area contributed by atoms with Gasteiger partial charge in [-0.3, -0.25) is 9.78 Å². The second-order valence-electron chi connectivity index (χ2n) is 6.89. The maximum atomic E-state index is 13.1. The Bertz CT molecular complexity index is 1260. The SMILES string of the molecule is COc1cccc(C(=O)NC(c2ccc(Cl)cc2)c2cc(Cl)c3cccnc3c2O)c1. The predicted octanol–water partition coefficient (Wildman–Crippen LogP) is 5.78. The topological polar surface area (TPSA) is 71.5 Å². The summed E-state index contributed by atoms with van der Waals surface area (Å²) in [5, 5.41) is 15.6. The van der Waals surface area contributed by atoms with Crippen molar-refractivity contribution in [1.29, 1.82) is 0 Å². The van der Waals surface area contributed by atoms with Crippen molar-refractivity contribution in [2.24, 2.45) is 0 Å². The van der Waals surface area contributed by atoms with E-state index in [-0.39, 0.29) is 11.7 Å². The Labute approximate surface area is 189 Å². The molecule has 0 saturated heterocycles. The molecular weight excluding hydrogens is 435 g/mol. The van der Waals surface area contributed by atoms with E-state index >= 15 is 0 Å². The van der Waals surface area contributed by atoms with Crippen LogP contribution in [-0.2, 0) is 0 Å². The number of rotatable bonds is 5. The number of carbonyl (C=O) groups is 1. The molecule has 0 saturated carbocycles. The molecule has 4 rings (SSSR count). The predicted molar refractivity (Wildman–Crippen MR) is 122 cm³/mol. The van der Waals surface area contributed by atoms with Crippen LogP contribution in [0.25, 0.3) is 10.9 Å². The largest absolute Gasteiger partial charge is 0.505 e. The van der Waals surface area contributed by atoms with E-state index in [1.807, 2.05) is 0 Å². The quantitative estimate of drug-likeness (QED) is 0.402. The number of amides is 1. The number of benzene rings is 3. The Kier molecular flexibility index (Phi) is 5.98. The molecule has 0 aliphatic rings. The van der Waals surface area contributed by atoms with Crippen molar-refractivity contribution in [3.05, 3.63) is 99.7 Å². The molecule has 3 aromatic carbocycles. The summed E-state index contributed by atoms with van der Waals surface area (Å²) >= 11 is 12.5. The molecule has 0 aliphatic carbocycles. The van der Waals surface area contributed by atoms with Crippen LogP contribution in [0.1, 0.15) is 27.5 Å². The Morgan fingerprint density at radius 3 is 2.58 bits per heavy atom. The number of aromatic nitrogens is 1. The summed E-state index contributed by atoms with van der Waals surface area (Å²) in [4.78, 5) is 17.3. The molecule has 0 bridgehead atoms. The number of pyridine rings is 1. The van der Waals surface area contributed by atoms with Gasteiger partial charge in [-0.1, -0.05) is 41.4 Å². The van der Waals surface area contributed by atoms with Gasteiger partial charge >= 0.3 is 0 Å². The van der Waals surface area contributed by atoms with E-state index in [2.05, 4.69) is 10.3 Å². The number of hydrogen-bond donors (Lipinski definition) is 2. The van der Waals surface area contributed by atoms with Crippen LogP contribution >= 0.6 is 23.2 Å². The van der Waals surface area contributed by atoms with Crippen molar-refractivity contribution < 1.29 is 14.6 Å². The Morgan fingerprint density at radius 1 is 1.06 bits per heavy atom. The first-order valence-electron chi connectivity index (χ1n) is 9.44. The van der Waals surface area contributed by atoms with Gasteiger partial charge in [0.05, 0.1) is 18.2 Å². The van der Waals surface area contributed by atoms with Gasteiger partial charge in [-0.15, -0.1) is 0 Å². The van der Waals surface area contributed by atoms with Crippen LogP contribution in [0.2, 0.25) is 10.0 Å². The third-order valence-electron chi connectivity index (χ3n) is 4.97. The molecule has 1 atom stereocenters. The molecule has 5 nitrogen and oxygen atoms in total. The third-order valence-corrected chi connectivity index (χ3v) is 5.53. The fourth-order valence-electron chi connectivity index (χ4n) is 3.40. The van der Waals surface area contributed by atoms with Gasteiger partial charge < -0.3 is 15.2 Å². The summed E-state index contributed by atoms with van der Waals surface area (Å²) in [6, 6.07) is 18.3. The first-order valence-corrected chi connectivity index (χ1v) is 10.2. The van der Waals surface area contributed by atoms with Gasteiger partial charge in [-0.05, 0) is 54.1 Å². The molecule has 1 heterocycles. The average molecular weight is 453 g/mol. The first kappa shape index (κ1) is 21.0. The van der Waals surface area contributed by atoms with Crippen LogP contribution < -0.4 is 10.1 Å². The number of ether oxygens (including phenoxy) is 1. The molecule has 0 radical (unpaired) electrons. The summed E-state index contributed by atoms with van der Waals surface area (Å²) in [6.07, 6.45) is 1.58. The van der Waals surface area contributed by atoms with Crippen molar-refractivity contribution in [1.82, 2.24) is 10.3 Å². The van der Waals surface area contributed by atoms with Gasteiger partial charge in [0, 0.05) is 27.7 Å². The number of fused-ring (bicyclic) bond motifs is 1. The lowest BCUT2D eigenvalue weighted by molar-refractivity contribution is 0.0942. The molecule has 1 aromatic heterocycles. The lowest BCUT2D eigenvalue weighted by Crippen LogP contribution is -2.29. The van der Waals surface area contributed by atoms with E-state index in [0.717, 1.165) is 5.56 Å². The summed E-state index contributed by atoms with van der Waals surface area (Å²) in [5.74, 6) is 0.179. The molecular formula is C24H18Cl2N2O3. The lowest BCUT2D eigenvalue weighted by atomic mass is 9.95. The number of nitrogens with zero attached hydrogens (tertiary/aromatic N) is 1. The van der Waals surface area contributed by atoms with E-state index < -0.39 is 6.04 Å². The zero-order valence-electron chi connectivity index (χ0n) is 16.5. The first-order chi connectivity index (χ1) is 15.0. The van der Waals surface area contributed by atoms with Crippen LogP contribution in [0.3, 0.4) is 0 Å². The van der Waals surface area contributed by atoms with Crippen molar-refractivity contribution in [3.8, 4) is 11.5 Å². The second kappa shape index (κ2) is 8.84. The van der Waals surface area contributed by atoms with Crippen LogP contribution in [0.5, 0.6) is 11.5 Å². The molecule has 7 heteroatoms. The molecule has 1 amide bonds. The van der Waals surface area contributed by atoms with E-state index in [1.54, 1.807) is 72.9 Å². The minimum atomic E-state index is -0.695. The van der Waals surface area contributed by atoms with Gasteiger partial charge in [0.2, 0.25) is 0 Å². The number of aromatic hydroxyl groups is 1. The summed E-state index contributed by atoms with van der Waals surface area (Å²) in [6.45, 7) is 0. The fraction of sp³-hybridized carbons (Fsp3) is 0.0833. The molecule has 4 aromatic rings. The Hall–Kier alpha value is -3.28. The number of carbonyl (C=O) groups excluding carboxylic acids is 1. The van der Waals surface area contributed by atoms with E-state index in [0.29, 0.717) is 37.8 Å². The smallest absolute Gasteiger partial charge is 0.252 e. The number of halogens is 2. The standard InChI is InChI=1S/C24H18Cl2N2O3/c1-31-17-5-2-4-15(12-17)24(30)28-21(14-7-9-16(25)10-8-14)19-13-20(26)18-6-3-11-27-22(18)23(19)29/h2-13,21,29H,1H3,(H,28,30). The van der Waals surface area contributed by atoms with Crippen molar-refractivity contribution in [2.45, 2.75) is 6.04 Å². The van der Waals surface area contributed by atoms with Gasteiger partial charge in [0.1, 0.15) is 17.0 Å². The Morgan fingerprint density at radius 2 is 1.84 bits per heavy atom. The number of hydrogen-bond acceptors (Lipinski definition) is 4. The summed E-state index contributed by atoms with van der Waals surface area (Å²) in [5.41, 5.74) is 1.93. The van der Waals surface area contributed by atoms with Crippen molar-refractivity contribution in [2.75, 3.05) is 7.11 Å². The van der Waals surface area contributed by atoms with Crippen LogP contribution in [0.4, 0.5) is 0 Å². The average Bonchev–Trinajstić information content (AvgIpc) is 2.80. The highest BCUT2D eigenvalue weighted by Crippen LogP contribution is 2.38. The molecule has 0 spiro atoms. The van der Waals surface area contributed by atoms with Gasteiger partial charge in [-0.2, -0.15) is 0 Å². The number of phenols is 1. The van der Waals surface area contributed by atoms with Gasteiger partial charge in [0.25, 0.3) is 5.91 Å². The third kappa shape index (κ3) is 4.29. The lowest BCUT2D eigenvalue weighted by Gasteiger charge is -2.22. The zero-order valence-corrected chi connectivity index (χ0v) is 18.0. The molecule has 31 heavy (non-hydrogen) atoms. The molecule has 0 aliphatic heterocycles. The Balaban J connectivity index is 1.82. The minimum Gasteiger partial charge on any atom is -0.505 e. The highest BCUT2D eigenvalue weighted by Gasteiger charge is 2.24. The normalized spacial score (nSPS) is 11.8. The molecule has 1 unspecified atom stereocenters. The van der Waals surface area contributed by atoms with Crippen LogP contribution in [-0.4, -0.2) is 23.1 Å². The van der Waals surface area contributed by atoms with Crippen molar-refractivity contribution in [3.63, 3.8) is 0 Å². The molecule has 2 N–H and O–H groups in total. The van der Waals surface area contributed by atoms with Crippen LogP contribution in [0.15, 0.2) is 72.9 Å². The maximum Gasteiger partial charge on any atom is 0.252 e.